The minimum absolute atomic E-state index is 0.0525. The summed E-state index contributed by atoms with van der Waals surface area (Å²) < 4.78 is 21.8. The van der Waals surface area contributed by atoms with Crippen LogP contribution in [0.5, 0.6) is 0 Å². The van der Waals surface area contributed by atoms with E-state index in [2.05, 4.69) is 5.32 Å². The summed E-state index contributed by atoms with van der Waals surface area (Å²) in [7, 11) is -3.23. The molecule has 0 spiro atoms. The van der Waals surface area contributed by atoms with Gasteiger partial charge in [0.1, 0.15) is 5.75 Å². The zero-order valence-electron chi connectivity index (χ0n) is 8.70. The molecular formula is C9H16ClNO3S. The van der Waals surface area contributed by atoms with E-state index in [0.29, 0.717) is 5.88 Å². The number of hydrogen-bond acceptors (Lipinski definition) is 3. The second kappa shape index (κ2) is 5.16. The van der Waals surface area contributed by atoms with Gasteiger partial charge in [-0.1, -0.05) is 6.42 Å². The summed E-state index contributed by atoms with van der Waals surface area (Å²) >= 11 is 5.75. The Morgan fingerprint density at radius 3 is 2.67 bits per heavy atom. The number of alkyl halides is 1. The summed E-state index contributed by atoms with van der Waals surface area (Å²) in [6.45, 7) is 0. The lowest BCUT2D eigenvalue weighted by atomic mass is 10.1. The molecule has 0 radical (unpaired) electrons. The van der Waals surface area contributed by atoms with Crippen LogP contribution in [0, 0.1) is 5.92 Å². The van der Waals surface area contributed by atoms with E-state index in [1.807, 2.05) is 0 Å². The molecule has 0 aromatic carbocycles. The number of halogens is 1. The summed E-state index contributed by atoms with van der Waals surface area (Å²) in [5.74, 6) is -0.0443. The smallest absolute Gasteiger partial charge is 0.235 e. The first-order valence-corrected chi connectivity index (χ1v) is 7.55. The summed E-state index contributed by atoms with van der Waals surface area (Å²) in [6.07, 6.45) is 4.00. The lowest BCUT2D eigenvalue weighted by Crippen LogP contribution is -2.40. The molecule has 88 valence electrons. The lowest BCUT2D eigenvalue weighted by Gasteiger charge is -2.18. The molecule has 0 aromatic rings. The standard InChI is InChI=1S/C9H16ClNO3S/c1-15(13,14)6-9(12)11-8-4-2-3-7(8)5-10/h7-8H,2-6H2,1H3,(H,11,12). The Balaban J connectivity index is 2.44. The van der Waals surface area contributed by atoms with Crippen LogP contribution in [0.2, 0.25) is 0 Å². The van der Waals surface area contributed by atoms with E-state index in [1.54, 1.807) is 0 Å². The number of carbonyl (C=O) groups is 1. The molecule has 15 heavy (non-hydrogen) atoms. The van der Waals surface area contributed by atoms with Gasteiger partial charge in [0.15, 0.2) is 9.84 Å². The average molecular weight is 254 g/mol. The molecule has 0 saturated heterocycles. The Morgan fingerprint density at radius 1 is 1.47 bits per heavy atom. The van der Waals surface area contributed by atoms with Crippen LogP contribution < -0.4 is 5.32 Å². The SMILES string of the molecule is CS(=O)(=O)CC(=O)NC1CCCC1CCl. The monoisotopic (exact) mass is 253 g/mol. The quantitative estimate of drug-likeness (QED) is 0.745. The van der Waals surface area contributed by atoms with Gasteiger partial charge < -0.3 is 5.32 Å². The minimum Gasteiger partial charge on any atom is -0.352 e. The molecule has 4 nitrogen and oxygen atoms in total. The van der Waals surface area contributed by atoms with E-state index in [9.17, 15) is 13.2 Å². The van der Waals surface area contributed by atoms with Crippen molar-refractivity contribution >= 4 is 27.3 Å². The molecule has 2 atom stereocenters. The molecule has 0 heterocycles. The normalized spacial score (nSPS) is 26.5. The van der Waals surface area contributed by atoms with Crippen LogP contribution in [0.15, 0.2) is 0 Å². The van der Waals surface area contributed by atoms with E-state index >= 15 is 0 Å². The second-order valence-corrected chi connectivity index (χ2v) is 6.54. The largest absolute Gasteiger partial charge is 0.352 e. The van der Waals surface area contributed by atoms with Crippen molar-refractivity contribution in [2.24, 2.45) is 5.92 Å². The minimum atomic E-state index is -3.23. The molecule has 1 amide bonds. The molecule has 2 unspecified atom stereocenters. The molecule has 1 fully saturated rings. The highest BCUT2D eigenvalue weighted by Crippen LogP contribution is 2.26. The maximum absolute atomic E-state index is 11.3. The molecule has 0 aromatic heterocycles. The number of amides is 1. The summed E-state index contributed by atoms with van der Waals surface area (Å²) in [4.78, 5) is 11.3. The fraction of sp³-hybridized carbons (Fsp3) is 0.889. The molecule has 0 aliphatic heterocycles. The van der Waals surface area contributed by atoms with E-state index in [4.69, 9.17) is 11.6 Å². The molecule has 1 aliphatic rings. The van der Waals surface area contributed by atoms with Crippen molar-refractivity contribution in [1.82, 2.24) is 5.32 Å². The average Bonchev–Trinajstić information content (AvgIpc) is 2.48. The van der Waals surface area contributed by atoms with Crippen molar-refractivity contribution in [3.05, 3.63) is 0 Å². The van der Waals surface area contributed by atoms with Crippen LogP contribution in [0.3, 0.4) is 0 Å². The molecule has 1 saturated carbocycles. The molecule has 6 heteroatoms. The number of sulfone groups is 1. The van der Waals surface area contributed by atoms with Gasteiger partial charge in [0, 0.05) is 18.2 Å². The molecular weight excluding hydrogens is 238 g/mol. The molecule has 1 N–H and O–H groups in total. The first-order chi connectivity index (χ1) is 6.92. The molecule has 1 rings (SSSR count). The van der Waals surface area contributed by atoms with Crippen molar-refractivity contribution in [1.29, 1.82) is 0 Å². The van der Waals surface area contributed by atoms with E-state index < -0.39 is 21.5 Å². The van der Waals surface area contributed by atoms with Gasteiger partial charge in [0.2, 0.25) is 5.91 Å². The van der Waals surface area contributed by atoms with Crippen molar-refractivity contribution < 1.29 is 13.2 Å². The first kappa shape index (κ1) is 12.8. The number of carbonyl (C=O) groups excluding carboxylic acids is 1. The van der Waals surface area contributed by atoms with Gasteiger partial charge >= 0.3 is 0 Å². The van der Waals surface area contributed by atoms with Crippen LogP contribution >= 0.6 is 11.6 Å². The predicted octanol–water partition coefficient (Wildman–Crippen LogP) is 0.555. The Hall–Kier alpha value is -0.290. The first-order valence-electron chi connectivity index (χ1n) is 4.95. The van der Waals surface area contributed by atoms with Gasteiger partial charge in [0.05, 0.1) is 0 Å². The van der Waals surface area contributed by atoms with Gasteiger partial charge in [-0.15, -0.1) is 11.6 Å². The Bertz CT molecular complexity index is 328. The lowest BCUT2D eigenvalue weighted by molar-refractivity contribution is -0.119. The molecule has 1 aliphatic carbocycles. The maximum Gasteiger partial charge on any atom is 0.235 e. The number of nitrogens with one attached hydrogen (secondary N) is 1. The maximum atomic E-state index is 11.3. The third kappa shape index (κ3) is 4.38. The molecule has 0 bridgehead atoms. The van der Waals surface area contributed by atoms with Crippen LogP contribution in [0.25, 0.3) is 0 Å². The van der Waals surface area contributed by atoms with Gasteiger partial charge in [0.25, 0.3) is 0 Å². The van der Waals surface area contributed by atoms with Crippen molar-refractivity contribution in [3.8, 4) is 0 Å². The highest BCUT2D eigenvalue weighted by molar-refractivity contribution is 7.91. The second-order valence-electron chi connectivity index (χ2n) is 4.09. The Labute approximate surface area is 95.3 Å². The van der Waals surface area contributed by atoms with Crippen LogP contribution in [0.4, 0.5) is 0 Å². The van der Waals surface area contributed by atoms with Crippen LogP contribution in [-0.4, -0.2) is 38.3 Å². The van der Waals surface area contributed by atoms with Gasteiger partial charge in [-0.25, -0.2) is 8.42 Å². The van der Waals surface area contributed by atoms with Gasteiger partial charge in [-0.3, -0.25) is 4.79 Å². The fourth-order valence-corrected chi connectivity index (χ4v) is 2.83. The van der Waals surface area contributed by atoms with Crippen LogP contribution in [-0.2, 0) is 14.6 Å². The number of rotatable bonds is 4. The Kier molecular flexibility index (Phi) is 4.40. The topological polar surface area (TPSA) is 63.2 Å². The van der Waals surface area contributed by atoms with Crippen molar-refractivity contribution in [2.45, 2.75) is 25.3 Å². The highest BCUT2D eigenvalue weighted by Gasteiger charge is 2.28. The Morgan fingerprint density at radius 2 is 2.13 bits per heavy atom. The summed E-state index contributed by atoms with van der Waals surface area (Å²) in [6, 6.07) is 0.0525. The summed E-state index contributed by atoms with van der Waals surface area (Å²) in [5, 5.41) is 2.73. The zero-order chi connectivity index (χ0) is 11.5. The van der Waals surface area contributed by atoms with E-state index in [1.165, 1.54) is 0 Å². The van der Waals surface area contributed by atoms with Crippen molar-refractivity contribution in [3.63, 3.8) is 0 Å². The highest BCUT2D eigenvalue weighted by atomic mass is 35.5. The van der Waals surface area contributed by atoms with Gasteiger partial charge in [-0.05, 0) is 18.8 Å². The third-order valence-electron chi connectivity index (χ3n) is 2.60. The predicted molar refractivity (Wildman–Crippen MR) is 59.7 cm³/mol. The third-order valence-corrected chi connectivity index (χ3v) is 3.78. The van der Waals surface area contributed by atoms with E-state index in [0.717, 1.165) is 25.5 Å². The summed E-state index contributed by atoms with van der Waals surface area (Å²) in [5.41, 5.74) is 0. The number of hydrogen-bond donors (Lipinski definition) is 1. The fourth-order valence-electron chi connectivity index (χ4n) is 1.90. The van der Waals surface area contributed by atoms with Gasteiger partial charge in [-0.2, -0.15) is 0 Å². The van der Waals surface area contributed by atoms with Crippen LogP contribution in [0.1, 0.15) is 19.3 Å². The van der Waals surface area contributed by atoms with E-state index in [-0.39, 0.29) is 12.0 Å². The van der Waals surface area contributed by atoms with Crippen molar-refractivity contribution in [2.75, 3.05) is 17.9 Å². The zero-order valence-corrected chi connectivity index (χ0v) is 10.3.